The van der Waals surface area contributed by atoms with Gasteiger partial charge >= 0.3 is 7.12 Å². The summed E-state index contributed by atoms with van der Waals surface area (Å²) in [6.45, 7) is 0. The van der Waals surface area contributed by atoms with Crippen LogP contribution in [0.2, 0.25) is 0 Å². The zero-order chi connectivity index (χ0) is 27.6. The number of ether oxygens (including phenoxy) is 2. The van der Waals surface area contributed by atoms with E-state index >= 15 is 0 Å². The third kappa shape index (κ3) is 4.74. The van der Waals surface area contributed by atoms with Crippen LogP contribution in [-0.2, 0) is 10.8 Å². The van der Waals surface area contributed by atoms with Crippen LogP contribution < -0.4 is 14.9 Å². The van der Waals surface area contributed by atoms with E-state index in [9.17, 15) is 10.0 Å². The molecule has 8 aliphatic rings. The minimum atomic E-state index is -1.40. The second-order valence-corrected chi connectivity index (χ2v) is 15.5. The fourth-order valence-electron chi connectivity index (χ4n) is 11.3. The second-order valence-electron chi connectivity index (χ2n) is 14.6. The maximum Gasteiger partial charge on any atom is 0.488 e. The first-order valence-corrected chi connectivity index (χ1v) is 16.5. The molecule has 214 valence electrons. The Morgan fingerprint density at radius 1 is 0.625 bits per heavy atom. The van der Waals surface area contributed by atoms with Crippen LogP contribution in [0.5, 0.6) is 11.5 Å². The lowest BCUT2D eigenvalue weighted by atomic mass is 9.47. The first-order valence-electron chi connectivity index (χ1n) is 15.7. The molecule has 0 spiro atoms. The average molecular weight is 607 g/mol. The SMILES string of the molecule is COc1ccc(B(O)O)cc1C12CC3CC(CC(C3)C1)C2.COc1ccc(Br)cc1C12CC3CC(CC(C3)C1)C2. The summed E-state index contributed by atoms with van der Waals surface area (Å²) < 4.78 is 12.5. The molecule has 40 heavy (non-hydrogen) atoms. The molecule has 8 bridgehead atoms. The highest BCUT2D eigenvalue weighted by Crippen LogP contribution is 2.63. The first-order chi connectivity index (χ1) is 19.3. The van der Waals surface area contributed by atoms with Crippen molar-refractivity contribution in [3.05, 3.63) is 52.0 Å². The van der Waals surface area contributed by atoms with Crippen molar-refractivity contribution in [2.45, 2.75) is 87.9 Å². The van der Waals surface area contributed by atoms with Gasteiger partial charge in [0.2, 0.25) is 0 Å². The van der Waals surface area contributed by atoms with E-state index in [-0.39, 0.29) is 5.41 Å². The first kappa shape index (κ1) is 27.3. The van der Waals surface area contributed by atoms with Crippen molar-refractivity contribution in [1.82, 2.24) is 0 Å². The zero-order valence-corrected chi connectivity index (χ0v) is 25.7. The van der Waals surface area contributed by atoms with Gasteiger partial charge in [0, 0.05) is 10.0 Å². The molecular formula is C34H44BBrO4. The lowest BCUT2D eigenvalue weighted by molar-refractivity contribution is -0.00629. The Morgan fingerprint density at radius 3 is 1.38 bits per heavy atom. The van der Waals surface area contributed by atoms with Gasteiger partial charge in [-0.3, -0.25) is 0 Å². The van der Waals surface area contributed by atoms with Gasteiger partial charge < -0.3 is 19.5 Å². The molecule has 0 heterocycles. The van der Waals surface area contributed by atoms with Gasteiger partial charge in [-0.1, -0.05) is 28.1 Å². The Balaban J connectivity index is 0.000000133. The minimum absolute atomic E-state index is 0.213. The molecule has 8 aliphatic carbocycles. The summed E-state index contributed by atoms with van der Waals surface area (Å²) in [5, 5.41) is 19.0. The molecule has 10 rings (SSSR count). The molecule has 4 nitrogen and oxygen atoms in total. The van der Waals surface area contributed by atoms with Crippen LogP contribution in [0.25, 0.3) is 0 Å². The average Bonchev–Trinajstić information content (AvgIpc) is 2.91. The Kier molecular flexibility index (Phi) is 7.07. The third-order valence-electron chi connectivity index (χ3n) is 11.9. The fourth-order valence-corrected chi connectivity index (χ4v) is 11.6. The molecule has 2 aromatic rings. The van der Waals surface area contributed by atoms with E-state index in [2.05, 4.69) is 34.1 Å². The van der Waals surface area contributed by atoms with E-state index < -0.39 is 7.12 Å². The fraction of sp³-hybridized carbons (Fsp3) is 0.647. The van der Waals surface area contributed by atoms with E-state index in [0.29, 0.717) is 10.9 Å². The Hall–Kier alpha value is -1.50. The van der Waals surface area contributed by atoms with Gasteiger partial charge in [0.25, 0.3) is 0 Å². The molecule has 8 fully saturated rings. The number of methoxy groups -OCH3 is 2. The van der Waals surface area contributed by atoms with Crippen LogP contribution in [0, 0.1) is 35.5 Å². The van der Waals surface area contributed by atoms with Crippen molar-refractivity contribution < 1.29 is 19.5 Å². The number of hydrogen-bond acceptors (Lipinski definition) is 4. The van der Waals surface area contributed by atoms with Crippen LogP contribution in [0.15, 0.2) is 40.9 Å². The van der Waals surface area contributed by atoms with Gasteiger partial charge in [-0.15, -0.1) is 0 Å². The van der Waals surface area contributed by atoms with Gasteiger partial charge in [-0.2, -0.15) is 0 Å². The molecule has 0 unspecified atom stereocenters. The third-order valence-corrected chi connectivity index (χ3v) is 12.4. The summed E-state index contributed by atoms with van der Waals surface area (Å²) in [7, 11) is 2.13. The molecule has 0 radical (unpaired) electrons. The largest absolute Gasteiger partial charge is 0.496 e. The Bertz CT molecular complexity index is 1190. The predicted molar refractivity (Wildman–Crippen MR) is 163 cm³/mol. The minimum Gasteiger partial charge on any atom is -0.496 e. The molecule has 2 N–H and O–H groups in total. The quantitative estimate of drug-likeness (QED) is 0.369. The van der Waals surface area contributed by atoms with Crippen molar-refractivity contribution in [2.24, 2.45) is 35.5 Å². The summed E-state index contributed by atoms with van der Waals surface area (Å²) >= 11 is 3.65. The van der Waals surface area contributed by atoms with Gasteiger partial charge in [0.05, 0.1) is 14.2 Å². The second kappa shape index (κ2) is 10.3. The molecular weight excluding hydrogens is 563 g/mol. The number of hydrogen-bond donors (Lipinski definition) is 2. The van der Waals surface area contributed by atoms with Gasteiger partial charge in [-0.05, 0) is 159 Å². The predicted octanol–water partition coefficient (Wildman–Crippen LogP) is 6.77. The van der Waals surface area contributed by atoms with Gasteiger partial charge in [0.15, 0.2) is 0 Å². The summed E-state index contributed by atoms with van der Waals surface area (Å²) in [5.74, 6) is 7.56. The molecule has 0 aliphatic heterocycles. The molecule has 2 aromatic carbocycles. The monoisotopic (exact) mass is 606 g/mol. The maximum absolute atomic E-state index is 9.51. The van der Waals surface area contributed by atoms with Crippen molar-refractivity contribution in [3.63, 3.8) is 0 Å². The van der Waals surface area contributed by atoms with E-state index in [4.69, 9.17) is 9.47 Å². The summed E-state index contributed by atoms with van der Waals surface area (Å²) in [5.41, 5.74) is 3.91. The van der Waals surface area contributed by atoms with E-state index in [1.807, 2.05) is 19.2 Å². The van der Waals surface area contributed by atoms with E-state index in [0.717, 1.165) is 47.0 Å². The summed E-state index contributed by atoms with van der Waals surface area (Å²) in [6, 6.07) is 12.2. The highest BCUT2D eigenvalue weighted by Gasteiger charge is 2.53. The normalized spacial score (nSPS) is 38.1. The number of rotatable bonds is 5. The Morgan fingerprint density at radius 2 is 1.00 bits per heavy atom. The lowest BCUT2D eigenvalue weighted by Crippen LogP contribution is -2.49. The number of halogens is 1. The smallest absolute Gasteiger partial charge is 0.488 e. The molecule has 0 amide bonds. The lowest BCUT2D eigenvalue weighted by Gasteiger charge is -2.57. The molecule has 0 saturated heterocycles. The van der Waals surface area contributed by atoms with Gasteiger partial charge in [-0.25, -0.2) is 0 Å². The summed E-state index contributed by atoms with van der Waals surface area (Å²) in [4.78, 5) is 0. The van der Waals surface area contributed by atoms with E-state index in [1.165, 1.54) is 92.6 Å². The summed E-state index contributed by atoms with van der Waals surface area (Å²) in [6.07, 6.45) is 16.6. The highest BCUT2D eigenvalue weighted by atomic mass is 79.9. The molecule has 6 heteroatoms. The van der Waals surface area contributed by atoms with E-state index in [1.54, 1.807) is 13.2 Å². The van der Waals surface area contributed by atoms with Crippen LogP contribution in [-0.4, -0.2) is 31.4 Å². The maximum atomic E-state index is 9.51. The van der Waals surface area contributed by atoms with Crippen LogP contribution >= 0.6 is 15.9 Å². The highest BCUT2D eigenvalue weighted by molar-refractivity contribution is 9.10. The van der Waals surface area contributed by atoms with Crippen molar-refractivity contribution in [1.29, 1.82) is 0 Å². The Labute approximate surface area is 248 Å². The van der Waals surface area contributed by atoms with Crippen LogP contribution in [0.1, 0.15) is 88.2 Å². The standard InChI is InChI=1S/C17H23BO3.C17H21BrO/c1-21-16-3-2-14(18(19)20)7-15(16)17-8-11-4-12(9-17)6-13(5-11)10-17;1-19-16-3-2-14(18)7-15(16)17-8-11-4-12(9-17)6-13(5-11)10-17/h2-3,7,11-13,19-20H,4-6,8-10H2,1H3;2-3,7,11-13H,4-6,8-10H2,1H3. The van der Waals surface area contributed by atoms with Crippen LogP contribution in [0.3, 0.4) is 0 Å². The zero-order valence-electron chi connectivity index (χ0n) is 24.1. The van der Waals surface area contributed by atoms with Crippen molar-refractivity contribution >= 4 is 28.5 Å². The number of benzene rings is 2. The molecule has 0 atom stereocenters. The van der Waals surface area contributed by atoms with Gasteiger partial charge in [0.1, 0.15) is 11.5 Å². The topological polar surface area (TPSA) is 58.9 Å². The van der Waals surface area contributed by atoms with Crippen LogP contribution in [0.4, 0.5) is 0 Å². The molecule has 8 saturated carbocycles. The van der Waals surface area contributed by atoms with Crippen molar-refractivity contribution in [2.75, 3.05) is 14.2 Å². The molecule has 0 aromatic heterocycles. The van der Waals surface area contributed by atoms with Crippen molar-refractivity contribution in [3.8, 4) is 11.5 Å².